The first-order valence-corrected chi connectivity index (χ1v) is 8.09. The van der Waals surface area contributed by atoms with Crippen molar-refractivity contribution in [2.45, 2.75) is 20.0 Å². The van der Waals surface area contributed by atoms with Crippen LogP contribution in [0, 0.1) is 6.92 Å². The average molecular weight is 376 g/mol. The molecule has 0 aliphatic heterocycles. The standard InChI is InChI=1S/C18H18F2N4O3/c1-11-7-8-16(12(9-11)17(19)20)27-10-13-14(5-4-6-15(13)26-3)24-18(25)23(2)21-22-24/h4-9,17H,10H2,1-3H3. The monoisotopic (exact) mass is 376 g/mol. The number of rotatable bonds is 6. The molecule has 0 atom stereocenters. The van der Waals surface area contributed by atoms with Gasteiger partial charge >= 0.3 is 5.69 Å². The highest BCUT2D eigenvalue weighted by Gasteiger charge is 2.18. The minimum Gasteiger partial charge on any atom is -0.496 e. The molecule has 0 fully saturated rings. The van der Waals surface area contributed by atoms with Crippen LogP contribution in [0.25, 0.3) is 5.69 Å². The molecule has 1 heterocycles. The molecule has 0 radical (unpaired) electrons. The Morgan fingerprint density at radius 2 is 1.93 bits per heavy atom. The predicted octanol–water partition coefficient (Wildman–Crippen LogP) is 2.80. The van der Waals surface area contributed by atoms with E-state index in [4.69, 9.17) is 9.47 Å². The molecule has 9 heteroatoms. The van der Waals surface area contributed by atoms with Gasteiger partial charge in [0.25, 0.3) is 6.43 Å². The van der Waals surface area contributed by atoms with Crippen LogP contribution in [-0.2, 0) is 13.7 Å². The normalized spacial score (nSPS) is 11.0. The highest BCUT2D eigenvalue weighted by molar-refractivity contribution is 5.49. The Morgan fingerprint density at radius 3 is 2.56 bits per heavy atom. The number of methoxy groups -OCH3 is 1. The SMILES string of the molecule is COc1cccc(-n2nnn(C)c2=O)c1COc1ccc(C)cc1C(F)F. The third-order valence-electron chi connectivity index (χ3n) is 4.05. The lowest BCUT2D eigenvalue weighted by molar-refractivity contribution is 0.144. The lowest BCUT2D eigenvalue weighted by Gasteiger charge is -2.16. The maximum Gasteiger partial charge on any atom is 0.368 e. The van der Waals surface area contributed by atoms with Crippen molar-refractivity contribution in [2.75, 3.05) is 7.11 Å². The number of aryl methyl sites for hydroxylation is 2. The molecule has 3 rings (SSSR count). The van der Waals surface area contributed by atoms with Crippen LogP contribution in [-0.4, -0.2) is 26.9 Å². The quantitative estimate of drug-likeness (QED) is 0.662. The molecule has 142 valence electrons. The first-order chi connectivity index (χ1) is 12.9. The van der Waals surface area contributed by atoms with E-state index in [1.807, 2.05) is 0 Å². The zero-order valence-electron chi connectivity index (χ0n) is 15.0. The largest absolute Gasteiger partial charge is 0.496 e. The fourth-order valence-electron chi connectivity index (χ4n) is 2.67. The second-order valence-corrected chi connectivity index (χ2v) is 5.89. The van der Waals surface area contributed by atoms with Gasteiger partial charge in [0.05, 0.1) is 23.9 Å². The van der Waals surface area contributed by atoms with Crippen molar-refractivity contribution in [3.05, 3.63) is 63.6 Å². The molecule has 0 amide bonds. The zero-order valence-corrected chi connectivity index (χ0v) is 15.0. The Kier molecular flexibility index (Phi) is 5.20. The molecule has 0 aliphatic carbocycles. The van der Waals surface area contributed by atoms with Crippen LogP contribution >= 0.6 is 0 Å². The van der Waals surface area contributed by atoms with Crippen molar-refractivity contribution in [3.63, 3.8) is 0 Å². The number of aromatic nitrogens is 4. The Labute approximate surface area is 153 Å². The summed E-state index contributed by atoms with van der Waals surface area (Å²) in [6, 6.07) is 9.61. The van der Waals surface area contributed by atoms with E-state index in [1.165, 1.54) is 26.3 Å². The first-order valence-electron chi connectivity index (χ1n) is 8.09. The number of alkyl halides is 2. The summed E-state index contributed by atoms with van der Waals surface area (Å²) in [7, 11) is 2.95. The van der Waals surface area contributed by atoms with Crippen molar-refractivity contribution >= 4 is 0 Å². The summed E-state index contributed by atoms with van der Waals surface area (Å²) >= 11 is 0. The summed E-state index contributed by atoms with van der Waals surface area (Å²) < 4.78 is 39.8. The van der Waals surface area contributed by atoms with Crippen molar-refractivity contribution in [1.82, 2.24) is 19.8 Å². The van der Waals surface area contributed by atoms with Crippen LogP contribution < -0.4 is 15.2 Å². The van der Waals surface area contributed by atoms with Gasteiger partial charge in [-0.25, -0.2) is 13.6 Å². The van der Waals surface area contributed by atoms with Crippen LogP contribution in [0.4, 0.5) is 8.78 Å². The zero-order chi connectivity index (χ0) is 19.6. The molecule has 1 aromatic heterocycles. The number of hydrogen-bond donors (Lipinski definition) is 0. The van der Waals surface area contributed by atoms with Gasteiger partial charge in [-0.15, -0.1) is 0 Å². The van der Waals surface area contributed by atoms with Crippen molar-refractivity contribution < 1.29 is 18.3 Å². The average Bonchev–Trinajstić information content (AvgIpc) is 2.99. The summed E-state index contributed by atoms with van der Waals surface area (Å²) in [6.45, 7) is 1.64. The van der Waals surface area contributed by atoms with Gasteiger partial charge < -0.3 is 9.47 Å². The molecule has 2 aromatic carbocycles. The number of halogens is 2. The van der Waals surface area contributed by atoms with Crippen molar-refractivity contribution in [3.8, 4) is 17.2 Å². The van der Waals surface area contributed by atoms with Gasteiger partial charge in [0.1, 0.15) is 18.1 Å². The second kappa shape index (κ2) is 7.56. The van der Waals surface area contributed by atoms with Crippen molar-refractivity contribution in [2.24, 2.45) is 7.05 Å². The summed E-state index contributed by atoms with van der Waals surface area (Å²) in [5, 5.41) is 7.51. The number of nitrogens with zero attached hydrogens (tertiary/aromatic N) is 4. The second-order valence-electron chi connectivity index (χ2n) is 5.89. The molecule has 0 unspecified atom stereocenters. The summed E-state index contributed by atoms with van der Waals surface area (Å²) in [5.41, 5.74) is 0.958. The number of hydrogen-bond acceptors (Lipinski definition) is 5. The molecule has 0 N–H and O–H groups in total. The maximum absolute atomic E-state index is 13.3. The molecule has 0 saturated heterocycles. The van der Waals surface area contributed by atoms with Gasteiger partial charge in [-0.3, -0.25) is 0 Å². The molecule has 0 aliphatic rings. The van der Waals surface area contributed by atoms with E-state index in [0.29, 0.717) is 22.6 Å². The maximum atomic E-state index is 13.3. The highest BCUT2D eigenvalue weighted by Crippen LogP contribution is 2.32. The van der Waals surface area contributed by atoms with Crippen LogP contribution in [0.3, 0.4) is 0 Å². The fraction of sp³-hybridized carbons (Fsp3) is 0.278. The molecular weight excluding hydrogens is 358 g/mol. The third-order valence-corrected chi connectivity index (χ3v) is 4.05. The summed E-state index contributed by atoms with van der Waals surface area (Å²) in [4.78, 5) is 12.2. The van der Waals surface area contributed by atoms with E-state index in [1.54, 1.807) is 31.2 Å². The van der Waals surface area contributed by atoms with Crippen LogP contribution in [0.1, 0.15) is 23.1 Å². The van der Waals surface area contributed by atoms with Gasteiger partial charge in [-0.2, -0.15) is 9.36 Å². The topological polar surface area (TPSA) is 71.2 Å². The molecule has 3 aromatic rings. The first kappa shape index (κ1) is 18.6. The van der Waals surface area contributed by atoms with Gasteiger partial charge in [0, 0.05) is 7.05 Å². The van der Waals surface area contributed by atoms with Crippen LogP contribution in [0.15, 0.2) is 41.2 Å². The lowest BCUT2D eigenvalue weighted by atomic mass is 10.1. The Hall–Kier alpha value is -3.23. The molecule has 7 nitrogen and oxygen atoms in total. The lowest BCUT2D eigenvalue weighted by Crippen LogP contribution is -2.23. The Bertz CT molecular complexity index is 1010. The minimum atomic E-state index is -2.67. The fourth-order valence-corrected chi connectivity index (χ4v) is 2.67. The van der Waals surface area contributed by atoms with Gasteiger partial charge in [-0.1, -0.05) is 17.7 Å². The summed E-state index contributed by atoms with van der Waals surface area (Å²) in [5.74, 6) is 0.509. The van der Waals surface area contributed by atoms with Gasteiger partial charge in [-0.05, 0) is 41.6 Å². The Morgan fingerprint density at radius 1 is 1.15 bits per heavy atom. The minimum absolute atomic E-state index is 0.0685. The van der Waals surface area contributed by atoms with Crippen LogP contribution in [0.5, 0.6) is 11.5 Å². The van der Waals surface area contributed by atoms with E-state index < -0.39 is 12.1 Å². The number of ether oxygens (including phenoxy) is 2. The molecular formula is C18H18F2N4O3. The number of benzene rings is 2. The smallest absolute Gasteiger partial charge is 0.368 e. The van der Waals surface area contributed by atoms with E-state index in [-0.39, 0.29) is 17.9 Å². The molecule has 27 heavy (non-hydrogen) atoms. The van der Waals surface area contributed by atoms with E-state index >= 15 is 0 Å². The van der Waals surface area contributed by atoms with Gasteiger partial charge in [0.2, 0.25) is 0 Å². The number of tetrazole rings is 1. The molecule has 0 bridgehead atoms. The van der Waals surface area contributed by atoms with Crippen LogP contribution in [0.2, 0.25) is 0 Å². The van der Waals surface area contributed by atoms with E-state index in [0.717, 1.165) is 9.36 Å². The Balaban J connectivity index is 2.00. The molecule has 0 spiro atoms. The van der Waals surface area contributed by atoms with E-state index in [2.05, 4.69) is 10.4 Å². The van der Waals surface area contributed by atoms with Gasteiger partial charge in [0.15, 0.2) is 0 Å². The van der Waals surface area contributed by atoms with E-state index in [9.17, 15) is 13.6 Å². The third kappa shape index (κ3) is 3.67. The summed E-state index contributed by atoms with van der Waals surface area (Å²) in [6.07, 6.45) is -2.67. The molecule has 0 saturated carbocycles. The highest BCUT2D eigenvalue weighted by atomic mass is 19.3. The van der Waals surface area contributed by atoms with Crippen molar-refractivity contribution in [1.29, 1.82) is 0 Å². The predicted molar refractivity (Wildman–Crippen MR) is 93.6 cm³/mol.